The maximum atomic E-state index is 5.78. The van der Waals surface area contributed by atoms with E-state index in [1.54, 1.807) is 11.3 Å². The molecule has 0 unspecified atom stereocenters. The zero-order valence-corrected chi connectivity index (χ0v) is 11.5. The van der Waals surface area contributed by atoms with Crippen molar-refractivity contribution in [3.05, 3.63) is 16.1 Å². The number of hydrogen-bond donors (Lipinski definition) is 1. The highest BCUT2D eigenvalue weighted by Crippen LogP contribution is 2.23. The van der Waals surface area contributed by atoms with Crippen molar-refractivity contribution in [2.45, 2.75) is 52.0 Å². The Hall–Kier alpha value is -0.850. The summed E-state index contributed by atoms with van der Waals surface area (Å²) in [5, 5.41) is 3.19. The fraction of sp³-hybridized carbons (Fsp3) is 0.615. The second-order valence-corrected chi connectivity index (χ2v) is 6.52. The molecule has 1 aromatic rings. The minimum atomic E-state index is -0.413. The van der Waals surface area contributed by atoms with Crippen LogP contribution in [0.4, 0.5) is 0 Å². The van der Waals surface area contributed by atoms with E-state index in [0.29, 0.717) is 6.42 Å². The van der Waals surface area contributed by atoms with Gasteiger partial charge in [-0.05, 0) is 13.8 Å². The Labute approximate surface area is 102 Å². The van der Waals surface area contributed by atoms with Crippen LogP contribution in [0.1, 0.15) is 45.3 Å². The lowest BCUT2D eigenvalue weighted by molar-refractivity contribution is 0.571. The SMILES string of the molecule is CC(C)(N)C#CCc1nc(C(C)(C)C)cs1. The minimum absolute atomic E-state index is 0.120. The third-order valence-corrected chi connectivity index (χ3v) is 2.82. The van der Waals surface area contributed by atoms with Crippen molar-refractivity contribution in [3.8, 4) is 11.8 Å². The third-order valence-electron chi connectivity index (χ3n) is 1.97. The zero-order chi connectivity index (χ0) is 12.4. The lowest BCUT2D eigenvalue weighted by Gasteiger charge is -2.14. The Balaban J connectivity index is 2.70. The predicted molar refractivity (Wildman–Crippen MR) is 70.6 cm³/mol. The molecular formula is C13H20N2S. The number of aromatic nitrogens is 1. The van der Waals surface area contributed by atoms with Gasteiger partial charge in [0.25, 0.3) is 0 Å². The van der Waals surface area contributed by atoms with Crippen molar-refractivity contribution >= 4 is 11.3 Å². The van der Waals surface area contributed by atoms with Crippen LogP contribution in [0.5, 0.6) is 0 Å². The number of thiazole rings is 1. The molecule has 0 aliphatic rings. The van der Waals surface area contributed by atoms with E-state index < -0.39 is 5.54 Å². The van der Waals surface area contributed by atoms with Crippen LogP contribution in [0.25, 0.3) is 0 Å². The van der Waals surface area contributed by atoms with Crippen LogP contribution in [0.3, 0.4) is 0 Å². The molecule has 0 saturated heterocycles. The highest BCUT2D eigenvalue weighted by molar-refractivity contribution is 7.09. The standard InChI is InChI=1S/C13H20N2S/c1-12(2,3)10-9-16-11(15-10)7-6-8-13(4,5)14/h9H,7,14H2,1-5H3. The fourth-order valence-corrected chi connectivity index (χ4v) is 2.04. The molecule has 16 heavy (non-hydrogen) atoms. The zero-order valence-electron chi connectivity index (χ0n) is 10.7. The van der Waals surface area contributed by atoms with E-state index in [0.717, 1.165) is 10.7 Å². The monoisotopic (exact) mass is 236 g/mol. The first-order valence-electron chi connectivity index (χ1n) is 5.42. The first-order chi connectivity index (χ1) is 7.18. The van der Waals surface area contributed by atoms with Crippen LogP contribution < -0.4 is 5.73 Å². The summed E-state index contributed by atoms with van der Waals surface area (Å²) in [7, 11) is 0. The molecule has 1 rings (SSSR count). The molecule has 88 valence electrons. The molecule has 0 amide bonds. The molecule has 0 atom stereocenters. The van der Waals surface area contributed by atoms with E-state index in [2.05, 4.69) is 43.0 Å². The van der Waals surface area contributed by atoms with Crippen molar-refractivity contribution in [3.63, 3.8) is 0 Å². The normalized spacial score (nSPS) is 12.1. The smallest absolute Gasteiger partial charge is 0.105 e. The quantitative estimate of drug-likeness (QED) is 0.761. The van der Waals surface area contributed by atoms with Crippen LogP contribution >= 0.6 is 11.3 Å². The summed E-state index contributed by atoms with van der Waals surface area (Å²) in [5.41, 5.74) is 6.63. The van der Waals surface area contributed by atoms with Crippen LogP contribution in [0.15, 0.2) is 5.38 Å². The number of rotatable bonds is 1. The van der Waals surface area contributed by atoms with Crippen molar-refractivity contribution in [2.75, 3.05) is 0 Å². The Bertz CT molecular complexity index is 408. The number of nitrogens with two attached hydrogens (primary N) is 1. The summed E-state index contributed by atoms with van der Waals surface area (Å²) < 4.78 is 0. The minimum Gasteiger partial charge on any atom is -0.316 e. The van der Waals surface area contributed by atoms with Crippen LogP contribution in [0, 0.1) is 11.8 Å². The van der Waals surface area contributed by atoms with Gasteiger partial charge in [-0.15, -0.1) is 11.3 Å². The topological polar surface area (TPSA) is 38.9 Å². The molecule has 1 aromatic heterocycles. The Kier molecular flexibility index (Phi) is 3.77. The molecule has 1 heterocycles. The van der Waals surface area contributed by atoms with Gasteiger partial charge in [-0.25, -0.2) is 4.98 Å². The summed E-state index contributed by atoms with van der Waals surface area (Å²) in [6.07, 6.45) is 0.696. The maximum Gasteiger partial charge on any atom is 0.105 e. The molecule has 0 aliphatic carbocycles. The van der Waals surface area contributed by atoms with Gasteiger partial charge in [0.2, 0.25) is 0 Å². The van der Waals surface area contributed by atoms with E-state index in [1.165, 1.54) is 0 Å². The lowest BCUT2D eigenvalue weighted by Crippen LogP contribution is -2.29. The molecular weight excluding hydrogens is 216 g/mol. The molecule has 0 spiro atoms. The predicted octanol–water partition coefficient (Wildman–Crippen LogP) is 2.72. The maximum absolute atomic E-state index is 5.78. The van der Waals surface area contributed by atoms with Gasteiger partial charge in [0.15, 0.2) is 0 Å². The van der Waals surface area contributed by atoms with Gasteiger partial charge < -0.3 is 5.73 Å². The number of hydrogen-bond acceptors (Lipinski definition) is 3. The average Bonchev–Trinajstić information content (AvgIpc) is 2.49. The molecule has 0 aliphatic heterocycles. The van der Waals surface area contributed by atoms with Crippen LogP contribution in [-0.2, 0) is 11.8 Å². The van der Waals surface area contributed by atoms with E-state index in [1.807, 2.05) is 13.8 Å². The lowest BCUT2D eigenvalue weighted by atomic mass is 9.93. The molecule has 2 nitrogen and oxygen atoms in total. The molecule has 0 aromatic carbocycles. The number of nitrogens with zero attached hydrogens (tertiary/aromatic N) is 1. The van der Waals surface area contributed by atoms with Gasteiger partial charge in [0.1, 0.15) is 5.01 Å². The second kappa shape index (κ2) is 4.57. The summed E-state index contributed by atoms with van der Waals surface area (Å²) in [4.78, 5) is 4.58. The van der Waals surface area contributed by atoms with Crippen molar-refractivity contribution in [1.82, 2.24) is 4.98 Å². The summed E-state index contributed by atoms with van der Waals surface area (Å²) in [5.74, 6) is 6.09. The van der Waals surface area contributed by atoms with Gasteiger partial charge in [-0.3, -0.25) is 0 Å². The van der Waals surface area contributed by atoms with Gasteiger partial charge in [0.05, 0.1) is 17.7 Å². The van der Waals surface area contributed by atoms with Crippen LogP contribution in [-0.4, -0.2) is 10.5 Å². The summed E-state index contributed by atoms with van der Waals surface area (Å²) >= 11 is 1.67. The fourth-order valence-electron chi connectivity index (χ4n) is 1.08. The van der Waals surface area contributed by atoms with E-state index in [9.17, 15) is 0 Å². The largest absolute Gasteiger partial charge is 0.316 e. The van der Waals surface area contributed by atoms with Crippen molar-refractivity contribution in [2.24, 2.45) is 5.73 Å². The van der Waals surface area contributed by atoms with Gasteiger partial charge in [-0.1, -0.05) is 32.6 Å². The highest BCUT2D eigenvalue weighted by atomic mass is 32.1. The first kappa shape index (κ1) is 13.2. The Morgan fingerprint density at radius 3 is 2.38 bits per heavy atom. The molecule has 3 heteroatoms. The van der Waals surface area contributed by atoms with Gasteiger partial charge in [0, 0.05) is 10.8 Å². The second-order valence-electron chi connectivity index (χ2n) is 5.58. The molecule has 0 bridgehead atoms. The van der Waals surface area contributed by atoms with Gasteiger partial charge >= 0.3 is 0 Å². The summed E-state index contributed by atoms with van der Waals surface area (Å²) in [6.45, 7) is 10.3. The molecule has 0 radical (unpaired) electrons. The van der Waals surface area contributed by atoms with E-state index >= 15 is 0 Å². The van der Waals surface area contributed by atoms with E-state index in [4.69, 9.17) is 5.73 Å². The van der Waals surface area contributed by atoms with Crippen molar-refractivity contribution in [1.29, 1.82) is 0 Å². The third kappa shape index (κ3) is 4.34. The highest BCUT2D eigenvalue weighted by Gasteiger charge is 2.16. The van der Waals surface area contributed by atoms with Gasteiger partial charge in [-0.2, -0.15) is 0 Å². The Morgan fingerprint density at radius 2 is 1.94 bits per heavy atom. The molecule has 0 fully saturated rings. The molecule has 0 saturated carbocycles. The molecule has 2 N–H and O–H groups in total. The summed E-state index contributed by atoms with van der Waals surface area (Å²) in [6, 6.07) is 0. The van der Waals surface area contributed by atoms with Crippen LogP contribution in [0.2, 0.25) is 0 Å². The average molecular weight is 236 g/mol. The Morgan fingerprint density at radius 1 is 1.31 bits per heavy atom. The van der Waals surface area contributed by atoms with Crippen molar-refractivity contribution < 1.29 is 0 Å². The van der Waals surface area contributed by atoms with E-state index in [-0.39, 0.29) is 5.41 Å². The first-order valence-corrected chi connectivity index (χ1v) is 6.30.